The second kappa shape index (κ2) is 5.14. The number of aromatic nitrogens is 2. The molecule has 1 rings (SSSR count). The second-order valence-electron chi connectivity index (χ2n) is 3.24. The Morgan fingerprint density at radius 1 is 1.46 bits per heavy atom. The molecule has 0 saturated heterocycles. The molecule has 0 amide bonds. The van der Waals surface area contributed by atoms with E-state index in [1.165, 1.54) is 9.26 Å². The van der Waals surface area contributed by atoms with Crippen molar-refractivity contribution in [3.63, 3.8) is 0 Å². The predicted octanol–water partition coefficient (Wildman–Crippen LogP) is 3.00. The molecule has 0 aromatic carbocycles. The van der Waals surface area contributed by atoms with Crippen molar-refractivity contribution in [3.8, 4) is 0 Å². The van der Waals surface area contributed by atoms with Crippen LogP contribution in [0.1, 0.15) is 19.5 Å². The van der Waals surface area contributed by atoms with E-state index in [0.29, 0.717) is 5.92 Å². The molecule has 13 heavy (non-hydrogen) atoms. The summed E-state index contributed by atoms with van der Waals surface area (Å²) in [4.78, 5) is 8.50. The molecule has 1 heterocycles. The van der Waals surface area contributed by atoms with Gasteiger partial charge in [0.15, 0.2) is 0 Å². The third kappa shape index (κ3) is 3.09. The molecule has 1 aromatic heterocycles. The summed E-state index contributed by atoms with van der Waals surface area (Å²) in [6, 6.07) is 0. The summed E-state index contributed by atoms with van der Waals surface area (Å²) < 4.78 is 1.21. The van der Waals surface area contributed by atoms with Crippen LogP contribution in [-0.2, 0) is 6.42 Å². The zero-order chi connectivity index (χ0) is 9.84. The van der Waals surface area contributed by atoms with Gasteiger partial charge >= 0.3 is 0 Å². The summed E-state index contributed by atoms with van der Waals surface area (Å²) in [5.74, 6) is 0.651. The van der Waals surface area contributed by atoms with E-state index in [4.69, 9.17) is 0 Å². The summed E-state index contributed by atoms with van der Waals surface area (Å²) in [7, 11) is 0. The van der Waals surface area contributed by atoms with Crippen molar-refractivity contribution >= 4 is 34.4 Å². The molecule has 0 aliphatic heterocycles. The number of nitrogens with zero attached hydrogens (tertiary/aromatic N) is 2. The Labute approximate surface area is 97.1 Å². The summed E-state index contributed by atoms with van der Waals surface area (Å²) in [5.41, 5.74) is 1.18. The minimum Gasteiger partial charge on any atom is -0.240 e. The lowest BCUT2D eigenvalue weighted by Gasteiger charge is -2.07. The fourth-order valence-electron chi connectivity index (χ4n) is 1.06. The van der Waals surface area contributed by atoms with Crippen molar-refractivity contribution in [1.82, 2.24) is 9.97 Å². The van der Waals surface area contributed by atoms with E-state index in [1.807, 2.05) is 6.26 Å². The molecule has 0 radical (unpaired) electrons. The standard InChI is InChI=1S/C9H13IN2S/c1-6(2)4-7-8(10)9(13-3)12-5-11-7/h5-6H,4H2,1-3H3. The van der Waals surface area contributed by atoms with Crippen LogP contribution in [0.25, 0.3) is 0 Å². The Morgan fingerprint density at radius 3 is 2.69 bits per heavy atom. The molecule has 0 spiro atoms. The van der Waals surface area contributed by atoms with E-state index in [2.05, 4.69) is 46.4 Å². The highest BCUT2D eigenvalue weighted by atomic mass is 127. The van der Waals surface area contributed by atoms with Gasteiger partial charge in [0.2, 0.25) is 0 Å². The molecule has 0 fully saturated rings. The van der Waals surface area contributed by atoms with Crippen LogP contribution in [0.4, 0.5) is 0 Å². The number of thioether (sulfide) groups is 1. The molecule has 0 atom stereocenters. The molecule has 0 saturated carbocycles. The van der Waals surface area contributed by atoms with Crippen molar-refractivity contribution in [1.29, 1.82) is 0 Å². The van der Waals surface area contributed by atoms with Gasteiger partial charge in [0.1, 0.15) is 11.4 Å². The minimum atomic E-state index is 0.651. The highest BCUT2D eigenvalue weighted by molar-refractivity contribution is 14.1. The van der Waals surface area contributed by atoms with Crippen LogP contribution >= 0.6 is 34.4 Å². The number of halogens is 1. The van der Waals surface area contributed by atoms with Gasteiger partial charge in [-0.3, -0.25) is 0 Å². The van der Waals surface area contributed by atoms with E-state index in [1.54, 1.807) is 18.1 Å². The first-order valence-electron chi connectivity index (χ1n) is 4.18. The SMILES string of the molecule is CSc1ncnc(CC(C)C)c1I. The van der Waals surface area contributed by atoms with Gasteiger partial charge in [0.25, 0.3) is 0 Å². The largest absolute Gasteiger partial charge is 0.240 e. The zero-order valence-electron chi connectivity index (χ0n) is 8.04. The first-order chi connectivity index (χ1) is 6.15. The highest BCUT2D eigenvalue weighted by Gasteiger charge is 2.08. The van der Waals surface area contributed by atoms with Gasteiger partial charge in [-0.2, -0.15) is 0 Å². The smallest absolute Gasteiger partial charge is 0.117 e. The lowest BCUT2D eigenvalue weighted by molar-refractivity contribution is 0.628. The van der Waals surface area contributed by atoms with Crippen LogP contribution in [0.3, 0.4) is 0 Å². The minimum absolute atomic E-state index is 0.651. The first kappa shape index (κ1) is 11.2. The van der Waals surface area contributed by atoms with E-state index in [9.17, 15) is 0 Å². The number of hydrogen-bond donors (Lipinski definition) is 0. The molecular formula is C9H13IN2S. The summed E-state index contributed by atoms with van der Waals surface area (Å²) in [5, 5.41) is 1.09. The van der Waals surface area contributed by atoms with Crippen molar-refractivity contribution in [2.24, 2.45) is 5.92 Å². The Bertz CT molecular complexity index is 289. The highest BCUT2D eigenvalue weighted by Crippen LogP contribution is 2.22. The van der Waals surface area contributed by atoms with Gasteiger partial charge in [-0.25, -0.2) is 9.97 Å². The molecule has 2 nitrogen and oxygen atoms in total. The average molecular weight is 308 g/mol. The van der Waals surface area contributed by atoms with Crippen LogP contribution in [-0.4, -0.2) is 16.2 Å². The van der Waals surface area contributed by atoms with E-state index >= 15 is 0 Å². The molecular weight excluding hydrogens is 295 g/mol. The van der Waals surface area contributed by atoms with Crippen LogP contribution in [0.5, 0.6) is 0 Å². The molecule has 1 aromatic rings. The Kier molecular flexibility index (Phi) is 4.45. The van der Waals surface area contributed by atoms with E-state index < -0.39 is 0 Å². The molecule has 0 unspecified atom stereocenters. The fraction of sp³-hybridized carbons (Fsp3) is 0.556. The molecule has 0 bridgehead atoms. The van der Waals surface area contributed by atoms with Crippen LogP contribution in [0.15, 0.2) is 11.4 Å². The Hall–Kier alpha value is 0.160. The van der Waals surface area contributed by atoms with Crippen molar-refractivity contribution in [2.75, 3.05) is 6.26 Å². The van der Waals surface area contributed by atoms with Gasteiger partial charge < -0.3 is 0 Å². The van der Waals surface area contributed by atoms with Crippen molar-refractivity contribution in [3.05, 3.63) is 15.6 Å². The normalized spacial score (nSPS) is 10.8. The Morgan fingerprint density at radius 2 is 2.15 bits per heavy atom. The van der Waals surface area contributed by atoms with E-state index in [-0.39, 0.29) is 0 Å². The third-order valence-corrected chi connectivity index (χ3v) is 3.82. The molecule has 0 N–H and O–H groups in total. The maximum Gasteiger partial charge on any atom is 0.117 e. The van der Waals surface area contributed by atoms with Crippen LogP contribution < -0.4 is 0 Å². The average Bonchev–Trinajstić information content (AvgIpc) is 2.08. The molecule has 72 valence electrons. The predicted molar refractivity (Wildman–Crippen MR) is 65.1 cm³/mol. The monoisotopic (exact) mass is 308 g/mol. The second-order valence-corrected chi connectivity index (χ2v) is 5.12. The zero-order valence-corrected chi connectivity index (χ0v) is 11.0. The van der Waals surface area contributed by atoms with Gasteiger partial charge in [0, 0.05) is 0 Å². The third-order valence-electron chi connectivity index (χ3n) is 1.62. The first-order valence-corrected chi connectivity index (χ1v) is 6.48. The summed E-state index contributed by atoms with van der Waals surface area (Å²) in [6.07, 6.45) is 4.74. The van der Waals surface area contributed by atoms with E-state index in [0.717, 1.165) is 11.4 Å². The number of rotatable bonds is 3. The van der Waals surface area contributed by atoms with Crippen LogP contribution in [0.2, 0.25) is 0 Å². The Balaban J connectivity index is 2.94. The number of hydrogen-bond acceptors (Lipinski definition) is 3. The lowest BCUT2D eigenvalue weighted by atomic mass is 10.1. The van der Waals surface area contributed by atoms with Crippen molar-refractivity contribution < 1.29 is 0 Å². The lowest BCUT2D eigenvalue weighted by Crippen LogP contribution is -2.02. The molecule has 4 heteroatoms. The van der Waals surface area contributed by atoms with Gasteiger partial charge in [-0.05, 0) is 41.2 Å². The maximum atomic E-state index is 4.30. The van der Waals surface area contributed by atoms with Gasteiger partial charge in [0.05, 0.1) is 9.26 Å². The van der Waals surface area contributed by atoms with Crippen LogP contribution in [0, 0.1) is 9.49 Å². The van der Waals surface area contributed by atoms with Gasteiger partial charge in [-0.1, -0.05) is 13.8 Å². The topological polar surface area (TPSA) is 25.8 Å². The molecule has 0 aliphatic rings. The fourth-order valence-corrected chi connectivity index (χ4v) is 2.67. The maximum absolute atomic E-state index is 4.30. The van der Waals surface area contributed by atoms with Crippen molar-refractivity contribution in [2.45, 2.75) is 25.3 Å². The molecule has 0 aliphatic carbocycles. The summed E-state index contributed by atoms with van der Waals surface area (Å²) >= 11 is 4.01. The van der Waals surface area contributed by atoms with Gasteiger partial charge in [-0.15, -0.1) is 11.8 Å². The quantitative estimate of drug-likeness (QED) is 0.488. The summed E-state index contributed by atoms with van der Waals surface area (Å²) in [6.45, 7) is 4.41.